The van der Waals surface area contributed by atoms with Crippen LogP contribution < -0.4 is 5.32 Å². The molecule has 28 heavy (non-hydrogen) atoms. The van der Waals surface area contributed by atoms with Crippen molar-refractivity contribution < 1.29 is 9.32 Å². The van der Waals surface area contributed by atoms with Crippen LogP contribution in [-0.2, 0) is 4.79 Å². The second-order valence-corrected chi connectivity index (χ2v) is 8.37. The lowest BCUT2D eigenvalue weighted by Gasteiger charge is -2.34. The predicted molar refractivity (Wildman–Crippen MR) is 111 cm³/mol. The highest BCUT2D eigenvalue weighted by Gasteiger charge is 2.41. The molecule has 5 heteroatoms. The summed E-state index contributed by atoms with van der Waals surface area (Å²) in [6, 6.07) is 18.4. The maximum absolute atomic E-state index is 13.3. The minimum atomic E-state index is -0.144. The first-order chi connectivity index (χ1) is 13.6. The van der Waals surface area contributed by atoms with Gasteiger partial charge in [0.05, 0.1) is 11.3 Å². The fourth-order valence-corrected chi connectivity index (χ4v) is 4.69. The minimum Gasteiger partial charge on any atom is -0.338 e. The van der Waals surface area contributed by atoms with Gasteiger partial charge in [0, 0.05) is 28.1 Å². The third-order valence-corrected chi connectivity index (χ3v) is 6.26. The Labute approximate surface area is 171 Å². The van der Waals surface area contributed by atoms with Gasteiger partial charge in [0.2, 0.25) is 5.88 Å². The number of aryl methyl sites for hydroxylation is 1. The van der Waals surface area contributed by atoms with Crippen molar-refractivity contribution in [2.45, 2.75) is 31.6 Å². The summed E-state index contributed by atoms with van der Waals surface area (Å²) in [6.07, 6.45) is 1.31. The number of carbonyl (C=O) groups is 1. The van der Waals surface area contributed by atoms with Crippen molar-refractivity contribution in [1.29, 1.82) is 0 Å². The molecule has 0 amide bonds. The Morgan fingerprint density at radius 3 is 2.54 bits per heavy atom. The maximum Gasteiger partial charge on any atom is 0.233 e. The van der Waals surface area contributed by atoms with Gasteiger partial charge in [-0.25, -0.2) is 0 Å². The fourth-order valence-electron chi connectivity index (χ4n) is 4.42. The third kappa shape index (κ3) is 2.81. The van der Waals surface area contributed by atoms with Crippen LogP contribution in [0.1, 0.15) is 47.1 Å². The number of carbonyl (C=O) groups excluding carboxylic acids is 1. The Morgan fingerprint density at radius 1 is 1.04 bits per heavy atom. The molecule has 2 aromatic carbocycles. The zero-order valence-electron chi connectivity index (χ0n) is 15.4. The van der Waals surface area contributed by atoms with Crippen molar-refractivity contribution in [3.63, 3.8) is 0 Å². The Balaban J connectivity index is 1.63. The number of halogens is 1. The van der Waals surface area contributed by atoms with Crippen LogP contribution in [0, 0.1) is 6.92 Å². The number of Topliss-reactive ketones (excluding diaryl/α,β-unsaturated/α-hetero) is 1. The molecule has 1 aromatic heterocycles. The molecule has 2 aliphatic rings. The highest BCUT2D eigenvalue weighted by atomic mass is 79.9. The van der Waals surface area contributed by atoms with E-state index in [-0.39, 0.29) is 17.6 Å². The molecule has 0 spiro atoms. The van der Waals surface area contributed by atoms with Crippen LogP contribution in [0.4, 0.5) is 5.88 Å². The molecule has 1 aliphatic carbocycles. The molecular formula is C23H19BrN2O2. The Morgan fingerprint density at radius 2 is 1.79 bits per heavy atom. The number of nitrogens with one attached hydrogen (secondary N) is 1. The number of fused-ring (bicyclic) bond motifs is 1. The molecule has 3 aromatic rings. The number of ketones is 1. The van der Waals surface area contributed by atoms with Crippen molar-refractivity contribution >= 4 is 27.6 Å². The SMILES string of the molecule is Cc1noc2c1[C@@H](c1ccc(Br)cc1)C1=C(C[C@@H](c3ccccc3)CC1=O)N2. The first kappa shape index (κ1) is 17.4. The number of hydrogen-bond donors (Lipinski definition) is 1. The summed E-state index contributed by atoms with van der Waals surface area (Å²) in [5.41, 5.74) is 5.88. The highest BCUT2D eigenvalue weighted by molar-refractivity contribution is 9.10. The van der Waals surface area contributed by atoms with E-state index in [2.05, 4.69) is 50.7 Å². The molecule has 0 saturated heterocycles. The van der Waals surface area contributed by atoms with Crippen molar-refractivity contribution in [1.82, 2.24) is 5.16 Å². The molecule has 4 nitrogen and oxygen atoms in total. The maximum atomic E-state index is 13.3. The first-order valence-electron chi connectivity index (χ1n) is 9.41. The quantitative estimate of drug-likeness (QED) is 0.561. The van der Waals surface area contributed by atoms with Crippen LogP contribution in [0.25, 0.3) is 0 Å². The molecule has 0 unspecified atom stereocenters. The van der Waals surface area contributed by atoms with Gasteiger partial charge in [0.25, 0.3) is 0 Å². The van der Waals surface area contributed by atoms with Gasteiger partial charge >= 0.3 is 0 Å². The zero-order valence-corrected chi connectivity index (χ0v) is 17.0. The van der Waals surface area contributed by atoms with Gasteiger partial charge in [-0.15, -0.1) is 0 Å². The third-order valence-electron chi connectivity index (χ3n) is 5.73. The largest absolute Gasteiger partial charge is 0.338 e. The number of rotatable bonds is 2. The Kier molecular flexibility index (Phi) is 4.20. The molecule has 2 heterocycles. The fraction of sp³-hybridized carbons (Fsp3) is 0.217. The highest BCUT2D eigenvalue weighted by Crippen LogP contribution is 2.49. The van der Waals surface area contributed by atoms with Gasteiger partial charge in [-0.05, 0) is 42.5 Å². The molecule has 1 N–H and O–H groups in total. The van der Waals surface area contributed by atoms with Crippen molar-refractivity contribution in [2.75, 3.05) is 5.32 Å². The normalized spacial score (nSPS) is 21.1. The smallest absolute Gasteiger partial charge is 0.233 e. The molecule has 0 bridgehead atoms. The molecule has 0 saturated carbocycles. The Hall–Kier alpha value is -2.66. The number of hydrogen-bond acceptors (Lipinski definition) is 4. The number of aromatic nitrogens is 1. The van der Waals surface area contributed by atoms with Crippen LogP contribution in [0.15, 0.2) is 74.9 Å². The van der Waals surface area contributed by atoms with E-state index in [4.69, 9.17) is 4.52 Å². The summed E-state index contributed by atoms with van der Waals surface area (Å²) in [5, 5.41) is 7.55. The van der Waals surface area contributed by atoms with Crippen molar-refractivity contribution in [3.05, 3.63) is 92.7 Å². The van der Waals surface area contributed by atoms with Gasteiger partial charge in [-0.2, -0.15) is 0 Å². The summed E-state index contributed by atoms with van der Waals surface area (Å²) in [5.74, 6) is 0.887. The first-order valence-corrected chi connectivity index (χ1v) is 10.2. The second-order valence-electron chi connectivity index (χ2n) is 7.45. The van der Waals surface area contributed by atoms with E-state index in [9.17, 15) is 4.79 Å². The van der Waals surface area contributed by atoms with Gasteiger partial charge in [0.15, 0.2) is 5.78 Å². The molecule has 2 atom stereocenters. The lowest BCUT2D eigenvalue weighted by molar-refractivity contribution is -0.116. The molecule has 140 valence electrons. The summed E-state index contributed by atoms with van der Waals surface area (Å²) in [7, 11) is 0. The van der Waals surface area contributed by atoms with E-state index in [1.807, 2.05) is 37.3 Å². The summed E-state index contributed by atoms with van der Waals surface area (Å²) in [6.45, 7) is 1.93. The van der Waals surface area contributed by atoms with E-state index in [0.29, 0.717) is 12.3 Å². The number of benzene rings is 2. The summed E-state index contributed by atoms with van der Waals surface area (Å²) < 4.78 is 6.59. The second kappa shape index (κ2) is 6.74. The van der Waals surface area contributed by atoms with Crippen LogP contribution >= 0.6 is 15.9 Å². The lowest BCUT2D eigenvalue weighted by atomic mass is 9.72. The monoisotopic (exact) mass is 434 g/mol. The van der Waals surface area contributed by atoms with Gasteiger partial charge in [0.1, 0.15) is 0 Å². The number of nitrogens with zero attached hydrogens (tertiary/aromatic N) is 1. The van der Waals surface area contributed by atoms with Crippen LogP contribution in [0.5, 0.6) is 0 Å². The lowest BCUT2D eigenvalue weighted by Crippen LogP contribution is -2.29. The van der Waals surface area contributed by atoms with Crippen molar-refractivity contribution in [3.8, 4) is 0 Å². The molecule has 0 fully saturated rings. The van der Waals surface area contributed by atoms with Crippen molar-refractivity contribution in [2.24, 2.45) is 0 Å². The topological polar surface area (TPSA) is 55.1 Å². The zero-order chi connectivity index (χ0) is 19.3. The number of allylic oxidation sites excluding steroid dienone is 2. The molecule has 5 rings (SSSR count). The number of anilines is 1. The van der Waals surface area contributed by atoms with Gasteiger partial charge in [-0.3, -0.25) is 4.79 Å². The van der Waals surface area contributed by atoms with E-state index in [0.717, 1.165) is 39.0 Å². The summed E-state index contributed by atoms with van der Waals surface area (Å²) >= 11 is 3.50. The van der Waals surface area contributed by atoms with Gasteiger partial charge < -0.3 is 9.84 Å². The van der Waals surface area contributed by atoms with E-state index in [1.54, 1.807) is 0 Å². The van der Waals surface area contributed by atoms with E-state index >= 15 is 0 Å². The average molecular weight is 435 g/mol. The van der Waals surface area contributed by atoms with Gasteiger partial charge in [-0.1, -0.05) is 63.6 Å². The summed E-state index contributed by atoms with van der Waals surface area (Å²) in [4.78, 5) is 13.3. The molecular weight excluding hydrogens is 416 g/mol. The van der Waals surface area contributed by atoms with Crippen LogP contribution in [0.2, 0.25) is 0 Å². The Bertz CT molecular complexity index is 1080. The van der Waals surface area contributed by atoms with E-state index < -0.39 is 0 Å². The minimum absolute atomic E-state index is 0.144. The standard InChI is InChI=1S/C23H19BrN2O2/c1-13-20-21(15-7-9-17(24)10-8-15)22-18(25-23(20)28-26-13)11-16(12-19(22)27)14-5-3-2-4-6-14/h2-10,16,21,25H,11-12H2,1H3/t16-,21-/m1/s1. The predicted octanol–water partition coefficient (Wildman–Crippen LogP) is 5.70. The molecule has 0 radical (unpaired) electrons. The van der Waals surface area contributed by atoms with Crippen LogP contribution in [-0.4, -0.2) is 10.9 Å². The molecule has 1 aliphatic heterocycles. The average Bonchev–Trinajstić information content (AvgIpc) is 3.08. The van der Waals surface area contributed by atoms with E-state index in [1.165, 1.54) is 5.56 Å². The van der Waals surface area contributed by atoms with Crippen LogP contribution in [0.3, 0.4) is 0 Å².